The number of hydrogen-bond donors (Lipinski definition) is 2. The lowest BCUT2D eigenvalue weighted by molar-refractivity contribution is -0.0708. The number of carbonyl (C=O) groups excluding carboxylic acids is 1. The second kappa shape index (κ2) is 6.67. The summed E-state index contributed by atoms with van der Waals surface area (Å²) in [6, 6.07) is 5.82. The van der Waals surface area contributed by atoms with Crippen LogP contribution >= 0.6 is 11.6 Å². The first-order chi connectivity index (χ1) is 9.97. The van der Waals surface area contributed by atoms with Crippen molar-refractivity contribution in [3.05, 3.63) is 28.8 Å². The maximum Gasteiger partial charge on any atom is 0.252 e. The van der Waals surface area contributed by atoms with Crippen LogP contribution in [0, 0.1) is 0 Å². The lowest BCUT2D eigenvalue weighted by Crippen LogP contribution is -2.41. The Morgan fingerprint density at radius 2 is 2.29 bits per heavy atom. The van der Waals surface area contributed by atoms with Gasteiger partial charge in [-0.15, -0.1) is 0 Å². The molecule has 5 heteroatoms. The van der Waals surface area contributed by atoms with E-state index < -0.39 is 0 Å². The topological polar surface area (TPSA) is 50.4 Å². The van der Waals surface area contributed by atoms with Crippen molar-refractivity contribution in [3.63, 3.8) is 0 Å². The van der Waals surface area contributed by atoms with Crippen LogP contribution in [0.5, 0.6) is 0 Å². The number of rotatable bonds is 4. The average Bonchev–Trinajstić information content (AvgIpc) is 2.48. The first-order valence-electron chi connectivity index (χ1n) is 7.39. The SMILES string of the molecule is CCC1(C)CC(Nc2ccc(Cl)c(C(=O)NC)c2)CCO1. The van der Waals surface area contributed by atoms with Gasteiger partial charge in [0.05, 0.1) is 16.2 Å². The largest absolute Gasteiger partial charge is 0.382 e. The number of anilines is 1. The van der Waals surface area contributed by atoms with Crippen LogP contribution in [0.3, 0.4) is 0 Å². The number of ether oxygens (including phenoxy) is 1. The molecule has 0 bridgehead atoms. The van der Waals surface area contributed by atoms with Gasteiger partial charge < -0.3 is 15.4 Å². The molecular formula is C16H23ClN2O2. The minimum atomic E-state index is -0.172. The van der Waals surface area contributed by atoms with E-state index in [0.29, 0.717) is 16.6 Å². The Morgan fingerprint density at radius 1 is 1.52 bits per heavy atom. The van der Waals surface area contributed by atoms with E-state index >= 15 is 0 Å². The van der Waals surface area contributed by atoms with E-state index in [1.54, 1.807) is 19.2 Å². The lowest BCUT2D eigenvalue weighted by atomic mass is 9.90. The molecule has 0 radical (unpaired) electrons. The molecule has 0 spiro atoms. The molecule has 2 rings (SSSR count). The van der Waals surface area contributed by atoms with Crippen LogP contribution < -0.4 is 10.6 Å². The van der Waals surface area contributed by atoms with E-state index in [0.717, 1.165) is 31.6 Å². The fourth-order valence-electron chi connectivity index (χ4n) is 2.66. The normalized spacial score (nSPS) is 25.4. The van der Waals surface area contributed by atoms with E-state index in [-0.39, 0.29) is 11.5 Å². The predicted molar refractivity (Wildman–Crippen MR) is 86.1 cm³/mol. The van der Waals surface area contributed by atoms with Crippen molar-refractivity contribution in [2.75, 3.05) is 19.0 Å². The molecule has 1 aromatic carbocycles. The van der Waals surface area contributed by atoms with Crippen LogP contribution in [0.4, 0.5) is 5.69 Å². The summed E-state index contributed by atoms with van der Waals surface area (Å²) in [5, 5.41) is 6.57. The average molecular weight is 311 g/mol. The van der Waals surface area contributed by atoms with E-state index in [9.17, 15) is 4.79 Å². The lowest BCUT2D eigenvalue weighted by Gasteiger charge is -2.38. The Morgan fingerprint density at radius 3 is 2.95 bits per heavy atom. The Bertz CT molecular complexity index is 521. The van der Waals surface area contributed by atoms with Crippen molar-refractivity contribution >= 4 is 23.2 Å². The molecule has 2 unspecified atom stereocenters. The van der Waals surface area contributed by atoms with Crippen LogP contribution in [0.15, 0.2) is 18.2 Å². The van der Waals surface area contributed by atoms with Gasteiger partial charge in [-0.2, -0.15) is 0 Å². The third-order valence-electron chi connectivity index (χ3n) is 4.15. The summed E-state index contributed by atoms with van der Waals surface area (Å²) >= 11 is 6.07. The molecule has 1 aliphatic rings. The quantitative estimate of drug-likeness (QED) is 0.895. The fourth-order valence-corrected chi connectivity index (χ4v) is 2.86. The molecule has 1 aromatic rings. The summed E-state index contributed by atoms with van der Waals surface area (Å²) in [6.07, 6.45) is 2.92. The summed E-state index contributed by atoms with van der Waals surface area (Å²) in [5.41, 5.74) is 1.35. The zero-order valence-corrected chi connectivity index (χ0v) is 13.6. The molecule has 2 atom stereocenters. The summed E-state index contributed by atoms with van der Waals surface area (Å²) in [4.78, 5) is 11.8. The highest BCUT2D eigenvalue weighted by atomic mass is 35.5. The second-order valence-electron chi connectivity index (χ2n) is 5.76. The molecule has 0 aromatic heterocycles. The summed E-state index contributed by atoms with van der Waals surface area (Å²) in [6.45, 7) is 5.06. The number of halogens is 1. The van der Waals surface area contributed by atoms with Crippen LogP contribution in [-0.4, -0.2) is 31.2 Å². The predicted octanol–water partition coefficient (Wildman–Crippen LogP) is 3.46. The summed E-state index contributed by atoms with van der Waals surface area (Å²) in [5.74, 6) is -0.172. The summed E-state index contributed by atoms with van der Waals surface area (Å²) in [7, 11) is 1.60. The maximum atomic E-state index is 11.8. The maximum absolute atomic E-state index is 11.8. The van der Waals surface area contributed by atoms with Crippen molar-refractivity contribution in [2.45, 2.75) is 44.8 Å². The van der Waals surface area contributed by atoms with Crippen molar-refractivity contribution in [1.82, 2.24) is 5.32 Å². The second-order valence-corrected chi connectivity index (χ2v) is 6.17. The van der Waals surface area contributed by atoms with E-state index in [4.69, 9.17) is 16.3 Å². The molecule has 1 amide bonds. The van der Waals surface area contributed by atoms with Crippen LogP contribution in [-0.2, 0) is 4.74 Å². The number of nitrogens with one attached hydrogen (secondary N) is 2. The van der Waals surface area contributed by atoms with Crippen molar-refractivity contribution in [3.8, 4) is 0 Å². The zero-order chi connectivity index (χ0) is 15.5. The van der Waals surface area contributed by atoms with Gasteiger partial charge in [0, 0.05) is 25.4 Å². The molecule has 116 valence electrons. The number of carbonyl (C=O) groups is 1. The van der Waals surface area contributed by atoms with Gasteiger partial charge in [0.1, 0.15) is 0 Å². The number of amides is 1. The van der Waals surface area contributed by atoms with Crippen LogP contribution in [0.2, 0.25) is 5.02 Å². The molecule has 4 nitrogen and oxygen atoms in total. The van der Waals surface area contributed by atoms with Crippen molar-refractivity contribution in [1.29, 1.82) is 0 Å². The highest BCUT2D eigenvalue weighted by Crippen LogP contribution is 2.30. The van der Waals surface area contributed by atoms with Gasteiger partial charge in [-0.05, 0) is 44.4 Å². The smallest absolute Gasteiger partial charge is 0.252 e. The van der Waals surface area contributed by atoms with E-state index in [1.165, 1.54) is 0 Å². The van der Waals surface area contributed by atoms with Gasteiger partial charge >= 0.3 is 0 Å². The van der Waals surface area contributed by atoms with E-state index in [1.807, 2.05) is 6.07 Å². The molecule has 2 N–H and O–H groups in total. The Labute approximate surface area is 131 Å². The monoisotopic (exact) mass is 310 g/mol. The third-order valence-corrected chi connectivity index (χ3v) is 4.48. The molecule has 1 aliphatic heterocycles. The highest BCUT2D eigenvalue weighted by molar-refractivity contribution is 6.34. The molecule has 1 heterocycles. The molecular weight excluding hydrogens is 288 g/mol. The van der Waals surface area contributed by atoms with Gasteiger partial charge in [-0.3, -0.25) is 4.79 Å². The van der Waals surface area contributed by atoms with Crippen LogP contribution in [0.25, 0.3) is 0 Å². The molecule has 0 aliphatic carbocycles. The first kappa shape index (κ1) is 16.1. The van der Waals surface area contributed by atoms with Gasteiger partial charge in [0.25, 0.3) is 5.91 Å². The fraction of sp³-hybridized carbons (Fsp3) is 0.562. The van der Waals surface area contributed by atoms with Gasteiger partial charge in [-0.25, -0.2) is 0 Å². The van der Waals surface area contributed by atoms with Crippen LogP contribution in [0.1, 0.15) is 43.5 Å². The van der Waals surface area contributed by atoms with E-state index in [2.05, 4.69) is 24.5 Å². The number of hydrogen-bond acceptors (Lipinski definition) is 3. The molecule has 21 heavy (non-hydrogen) atoms. The third kappa shape index (κ3) is 3.89. The summed E-state index contributed by atoms with van der Waals surface area (Å²) < 4.78 is 5.86. The highest BCUT2D eigenvalue weighted by Gasteiger charge is 2.31. The minimum absolute atomic E-state index is 0.0635. The minimum Gasteiger partial charge on any atom is -0.382 e. The Hall–Kier alpha value is -1.26. The van der Waals surface area contributed by atoms with Crippen molar-refractivity contribution < 1.29 is 9.53 Å². The van der Waals surface area contributed by atoms with Gasteiger partial charge in [0.15, 0.2) is 0 Å². The zero-order valence-electron chi connectivity index (χ0n) is 12.8. The van der Waals surface area contributed by atoms with Crippen molar-refractivity contribution in [2.24, 2.45) is 0 Å². The standard InChI is InChI=1S/C16H23ClN2O2/c1-4-16(2)10-12(7-8-21-16)19-11-5-6-14(17)13(9-11)15(20)18-3/h5-6,9,12,19H,4,7-8,10H2,1-3H3,(H,18,20). The first-order valence-corrected chi connectivity index (χ1v) is 7.77. The Balaban J connectivity index is 2.11. The molecule has 1 fully saturated rings. The van der Waals surface area contributed by atoms with Gasteiger partial charge in [-0.1, -0.05) is 18.5 Å². The number of benzene rings is 1. The molecule has 1 saturated heterocycles. The Kier molecular flexibility index (Phi) is 5.12. The van der Waals surface area contributed by atoms with Gasteiger partial charge in [0.2, 0.25) is 0 Å². The molecule has 0 saturated carbocycles.